The van der Waals surface area contributed by atoms with E-state index in [0.29, 0.717) is 23.9 Å². The van der Waals surface area contributed by atoms with E-state index in [9.17, 15) is 4.79 Å². The number of aryl methyl sites for hydroxylation is 2. The lowest BCUT2D eigenvalue weighted by atomic mass is 9.76. The van der Waals surface area contributed by atoms with Crippen molar-refractivity contribution in [2.75, 3.05) is 19.6 Å². The summed E-state index contributed by atoms with van der Waals surface area (Å²) in [5.41, 5.74) is 10.3. The molecule has 1 fully saturated rings. The zero-order valence-corrected chi connectivity index (χ0v) is 19.9. The molecule has 0 radical (unpaired) electrons. The van der Waals surface area contributed by atoms with Gasteiger partial charge in [0.2, 0.25) is 5.91 Å². The predicted molar refractivity (Wildman–Crippen MR) is 125 cm³/mol. The normalized spacial score (nSPS) is 19.2. The number of benzene rings is 1. The quantitative estimate of drug-likeness (QED) is 0.602. The van der Waals surface area contributed by atoms with Crippen molar-refractivity contribution in [1.82, 2.24) is 9.88 Å². The average Bonchev–Trinajstić information content (AvgIpc) is 2.89. The molecule has 30 heavy (non-hydrogen) atoms. The number of carbonyl (C=O) groups excluding carboxylic acids is 1. The number of aromatic nitrogens is 1. The summed E-state index contributed by atoms with van der Waals surface area (Å²) in [5.74, 6) is 0.718. The Morgan fingerprint density at radius 2 is 1.90 bits per heavy atom. The van der Waals surface area contributed by atoms with Gasteiger partial charge in [-0.3, -0.25) is 9.78 Å². The van der Waals surface area contributed by atoms with Gasteiger partial charge in [0.1, 0.15) is 0 Å². The van der Waals surface area contributed by atoms with Crippen molar-refractivity contribution in [3.8, 4) is 0 Å². The topological polar surface area (TPSA) is 59.2 Å². The predicted octanol–water partition coefficient (Wildman–Crippen LogP) is 5.36. The number of hydrogen-bond acceptors (Lipinski definition) is 3. The molecule has 0 saturated carbocycles. The number of pyridine rings is 1. The van der Waals surface area contributed by atoms with Crippen LogP contribution in [0.15, 0.2) is 28.9 Å². The van der Waals surface area contributed by atoms with Crippen LogP contribution in [0.1, 0.15) is 54.0 Å². The highest BCUT2D eigenvalue weighted by Gasteiger charge is 2.36. The first-order chi connectivity index (χ1) is 14.5. The van der Waals surface area contributed by atoms with Crippen LogP contribution in [-0.4, -0.2) is 35.4 Å². The minimum atomic E-state index is 0.122. The molecule has 0 spiro atoms. The average molecular weight is 511 g/mol. The van der Waals surface area contributed by atoms with Gasteiger partial charge in [-0.1, -0.05) is 23.2 Å². The molecule has 4 rings (SSSR count). The summed E-state index contributed by atoms with van der Waals surface area (Å²) in [7, 11) is 0. The van der Waals surface area contributed by atoms with Gasteiger partial charge in [0, 0.05) is 46.1 Å². The van der Waals surface area contributed by atoms with Gasteiger partial charge in [0.15, 0.2) is 0 Å². The van der Waals surface area contributed by atoms with Crippen molar-refractivity contribution < 1.29 is 4.79 Å². The minimum Gasteiger partial charge on any atom is -0.343 e. The number of nitrogens with zero attached hydrogens (tertiary/aromatic N) is 2. The SMILES string of the molecule is NCCCC(=O)N1CCC(C2c3ncc(Br)cc3CCc3cc(Cl)cc(Cl)c32)CC1. The second-order valence-electron chi connectivity index (χ2n) is 8.25. The van der Waals surface area contributed by atoms with Crippen LogP contribution in [0.25, 0.3) is 0 Å². The fourth-order valence-electron chi connectivity index (χ4n) is 4.92. The summed E-state index contributed by atoms with van der Waals surface area (Å²) in [6.07, 6.45) is 6.86. The Morgan fingerprint density at radius 3 is 2.63 bits per heavy atom. The van der Waals surface area contributed by atoms with Gasteiger partial charge in [0.25, 0.3) is 0 Å². The number of amides is 1. The van der Waals surface area contributed by atoms with Crippen molar-refractivity contribution in [2.24, 2.45) is 11.7 Å². The summed E-state index contributed by atoms with van der Waals surface area (Å²) in [6, 6.07) is 6.09. The molecule has 1 saturated heterocycles. The van der Waals surface area contributed by atoms with E-state index < -0.39 is 0 Å². The molecule has 1 amide bonds. The third-order valence-corrected chi connectivity index (χ3v) is 7.34. The number of likely N-dealkylation sites (tertiary alicyclic amines) is 1. The fourth-order valence-corrected chi connectivity index (χ4v) is 5.96. The molecule has 2 N–H and O–H groups in total. The van der Waals surface area contributed by atoms with Crippen molar-refractivity contribution in [3.63, 3.8) is 0 Å². The van der Waals surface area contributed by atoms with E-state index in [1.165, 1.54) is 16.7 Å². The third kappa shape index (κ3) is 4.55. The Hall–Kier alpha value is -1.14. The number of nitrogens with two attached hydrogens (primary N) is 1. The maximum atomic E-state index is 12.4. The Balaban J connectivity index is 1.67. The van der Waals surface area contributed by atoms with Gasteiger partial charge in [-0.2, -0.15) is 0 Å². The minimum absolute atomic E-state index is 0.122. The fraction of sp³-hybridized carbons (Fsp3) is 0.478. The Kier molecular flexibility index (Phi) is 7.03. The summed E-state index contributed by atoms with van der Waals surface area (Å²) in [6.45, 7) is 2.11. The van der Waals surface area contributed by atoms with E-state index in [0.717, 1.165) is 60.4 Å². The molecule has 0 bridgehead atoms. The van der Waals surface area contributed by atoms with E-state index in [1.807, 2.05) is 17.2 Å². The lowest BCUT2D eigenvalue weighted by Crippen LogP contribution is -2.40. The standard InChI is InChI=1S/C23H26BrCl2N3O/c24-17-10-16-4-3-15-11-18(25)12-19(26)21(15)22(23(16)28-13-17)14-5-8-29(9-6-14)20(30)2-1-7-27/h10-14,22H,1-9,27H2. The Bertz CT molecular complexity index is 944. The van der Waals surface area contributed by atoms with Crippen molar-refractivity contribution >= 4 is 45.0 Å². The molecule has 4 nitrogen and oxygen atoms in total. The molecule has 1 aliphatic heterocycles. The van der Waals surface area contributed by atoms with E-state index in [1.54, 1.807) is 0 Å². The van der Waals surface area contributed by atoms with Gasteiger partial charge in [-0.25, -0.2) is 0 Å². The first-order valence-corrected chi connectivity index (χ1v) is 12.1. The van der Waals surface area contributed by atoms with Gasteiger partial charge in [-0.05, 0) is 95.4 Å². The van der Waals surface area contributed by atoms with Crippen LogP contribution >= 0.6 is 39.1 Å². The van der Waals surface area contributed by atoms with Crippen molar-refractivity contribution in [3.05, 3.63) is 61.3 Å². The molecule has 1 aromatic heterocycles. The van der Waals surface area contributed by atoms with Gasteiger partial charge < -0.3 is 10.6 Å². The molecular formula is C23H26BrCl2N3O. The van der Waals surface area contributed by atoms with Crippen LogP contribution in [0.3, 0.4) is 0 Å². The van der Waals surface area contributed by atoms with Crippen LogP contribution in [0.2, 0.25) is 10.0 Å². The van der Waals surface area contributed by atoms with Crippen LogP contribution in [0.4, 0.5) is 0 Å². The summed E-state index contributed by atoms with van der Waals surface area (Å²) in [4.78, 5) is 19.3. The van der Waals surface area contributed by atoms with Crippen molar-refractivity contribution in [2.45, 2.75) is 44.4 Å². The molecule has 1 aromatic carbocycles. The molecule has 1 unspecified atom stereocenters. The number of halogens is 3. The van der Waals surface area contributed by atoms with E-state index in [2.05, 4.69) is 28.1 Å². The highest BCUT2D eigenvalue weighted by Crippen LogP contribution is 2.46. The molecule has 2 heterocycles. The maximum Gasteiger partial charge on any atom is 0.222 e. The lowest BCUT2D eigenvalue weighted by molar-refractivity contribution is -0.132. The summed E-state index contributed by atoms with van der Waals surface area (Å²) < 4.78 is 0.996. The molecule has 1 atom stereocenters. The zero-order valence-electron chi connectivity index (χ0n) is 16.8. The number of piperidine rings is 1. The van der Waals surface area contributed by atoms with E-state index in [-0.39, 0.29) is 11.8 Å². The Morgan fingerprint density at radius 1 is 1.17 bits per heavy atom. The molecular weight excluding hydrogens is 485 g/mol. The zero-order chi connectivity index (χ0) is 21.3. The molecule has 1 aliphatic carbocycles. The largest absolute Gasteiger partial charge is 0.343 e. The molecule has 7 heteroatoms. The maximum absolute atomic E-state index is 12.4. The van der Waals surface area contributed by atoms with Crippen LogP contribution < -0.4 is 5.73 Å². The summed E-state index contributed by atoms with van der Waals surface area (Å²) >= 11 is 16.7. The third-order valence-electron chi connectivity index (χ3n) is 6.38. The van der Waals surface area contributed by atoms with E-state index >= 15 is 0 Å². The number of carbonyl (C=O) groups is 1. The second-order valence-corrected chi connectivity index (χ2v) is 10.0. The van der Waals surface area contributed by atoms with E-state index in [4.69, 9.17) is 33.9 Å². The number of rotatable bonds is 4. The number of hydrogen-bond donors (Lipinski definition) is 1. The van der Waals surface area contributed by atoms with Crippen molar-refractivity contribution in [1.29, 1.82) is 0 Å². The highest BCUT2D eigenvalue weighted by molar-refractivity contribution is 9.10. The highest BCUT2D eigenvalue weighted by atomic mass is 79.9. The molecule has 2 aliphatic rings. The smallest absolute Gasteiger partial charge is 0.222 e. The Labute approximate surface area is 196 Å². The monoisotopic (exact) mass is 509 g/mol. The first-order valence-electron chi connectivity index (χ1n) is 10.6. The van der Waals surface area contributed by atoms with Crippen LogP contribution in [0.5, 0.6) is 0 Å². The second kappa shape index (κ2) is 9.56. The summed E-state index contributed by atoms with van der Waals surface area (Å²) in [5, 5.41) is 1.40. The van der Waals surface area contributed by atoms with Crippen LogP contribution in [0, 0.1) is 5.92 Å². The first kappa shape index (κ1) is 22.1. The van der Waals surface area contributed by atoms with Crippen LogP contribution in [-0.2, 0) is 17.6 Å². The lowest BCUT2D eigenvalue weighted by Gasteiger charge is -2.37. The molecule has 2 aromatic rings. The molecule has 160 valence electrons. The van der Waals surface area contributed by atoms with Gasteiger partial charge in [0.05, 0.1) is 5.69 Å². The number of fused-ring (bicyclic) bond motifs is 2. The van der Waals surface area contributed by atoms with Gasteiger partial charge in [-0.15, -0.1) is 0 Å². The van der Waals surface area contributed by atoms with Gasteiger partial charge >= 0.3 is 0 Å².